The summed E-state index contributed by atoms with van der Waals surface area (Å²) in [5.41, 5.74) is -0.946. The van der Waals surface area contributed by atoms with Crippen LogP contribution in [0.4, 0.5) is 8.78 Å². The fourth-order valence-corrected chi connectivity index (χ4v) is 2.96. The Balaban J connectivity index is 2.65. The second-order valence-electron chi connectivity index (χ2n) is 4.62. The average Bonchev–Trinajstić information content (AvgIpc) is 2.69. The lowest BCUT2D eigenvalue weighted by Crippen LogP contribution is -2.34. The van der Waals surface area contributed by atoms with Gasteiger partial charge in [-0.1, -0.05) is 22.0 Å². The van der Waals surface area contributed by atoms with Gasteiger partial charge in [-0.2, -0.15) is 9.36 Å². The van der Waals surface area contributed by atoms with Gasteiger partial charge in [-0.3, -0.25) is 0 Å². The number of hydrogen-bond acceptors (Lipinski definition) is 3. The molecule has 0 aliphatic heterocycles. The van der Waals surface area contributed by atoms with E-state index in [1.807, 2.05) is 0 Å². The lowest BCUT2D eigenvalue weighted by atomic mass is 9.76. The molecule has 0 saturated carbocycles. The first-order valence-corrected chi connectivity index (χ1v) is 6.77. The zero-order valence-electron chi connectivity index (χ0n) is 10.5. The Labute approximate surface area is 116 Å². The molecule has 0 fully saturated rings. The Kier molecular flexibility index (Phi) is 3.71. The standard InChI is InChI=1S/C11H13BrF2N4O/c1-11(9(13)14)5-3-4-8(7(11)6-12)18-10(19)17(2)15-16-18/h3-4,9H,5-6H2,1-2H3. The average molecular weight is 335 g/mol. The molecular formula is C11H13BrF2N4O. The summed E-state index contributed by atoms with van der Waals surface area (Å²) in [4.78, 5) is 11.8. The Morgan fingerprint density at radius 2 is 2.21 bits per heavy atom. The van der Waals surface area contributed by atoms with E-state index in [0.29, 0.717) is 11.3 Å². The van der Waals surface area contributed by atoms with Crippen molar-refractivity contribution < 1.29 is 8.78 Å². The minimum absolute atomic E-state index is 0.226. The number of alkyl halides is 3. The summed E-state index contributed by atoms with van der Waals surface area (Å²) >= 11 is 3.23. The summed E-state index contributed by atoms with van der Waals surface area (Å²) in [6.07, 6.45) is 0.975. The van der Waals surface area contributed by atoms with Crippen molar-refractivity contribution in [2.24, 2.45) is 12.5 Å². The number of aromatic nitrogens is 4. The molecule has 1 heterocycles. The summed E-state index contributed by atoms with van der Waals surface area (Å²) in [6.45, 7) is 1.49. The van der Waals surface area contributed by atoms with Crippen molar-refractivity contribution in [3.63, 3.8) is 0 Å². The predicted octanol–water partition coefficient (Wildman–Crippen LogP) is 1.81. The number of aryl methyl sites for hydroxylation is 1. The first-order valence-electron chi connectivity index (χ1n) is 5.65. The third kappa shape index (κ3) is 2.18. The smallest absolute Gasteiger partial charge is 0.244 e. The first-order chi connectivity index (χ1) is 8.91. The van der Waals surface area contributed by atoms with E-state index in [1.54, 1.807) is 12.2 Å². The largest absolute Gasteiger partial charge is 0.368 e. The highest BCUT2D eigenvalue weighted by atomic mass is 79.9. The van der Waals surface area contributed by atoms with Crippen LogP contribution in [0.1, 0.15) is 13.3 Å². The SMILES string of the molecule is Cn1nnn(C2=C(CBr)C(C)(C(F)F)CC=C2)c1=O. The Bertz CT molecular complexity index is 604. The number of rotatable bonds is 3. The summed E-state index contributed by atoms with van der Waals surface area (Å²) < 4.78 is 28.7. The molecule has 0 spiro atoms. The van der Waals surface area contributed by atoms with Gasteiger partial charge < -0.3 is 0 Å². The van der Waals surface area contributed by atoms with Crippen LogP contribution in [-0.2, 0) is 7.05 Å². The lowest BCUT2D eigenvalue weighted by molar-refractivity contribution is 0.0335. The van der Waals surface area contributed by atoms with Gasteiger partial charge in [0.2, 0.25) is 6.43 Å². The number of allylic oxidation sites excluding steroid dienone is 4. The molecule has 8 heteroatoms. The quantitative estimate of drug-likeness (QED) is 0.792. The number of halogens is 3. The van der Waals surface area contributed by atoms with Crippen molar-refractivity contribution in [3.8, 4) is 0 Å². The zero-order chi connectivity index (χ0) is 14.2. The van der Waals surface area contributed by atoms with Crippen LogP contribution in [0, 0.1) is 5.41 Å². The molecule has 1 aromatic heterocycles. The van der Waals surface area contributed by atoms with Crippen molar-refractivity contribution >= 4 is 21.6 Å². The second-order valence-corrected chi connectivity index (χ2v) is 5.18. The zero-order valence-corrected chi connectivity index (χ0v) is 12.1. The van der Waals surface area contributed by atoms with E-state index >= 15 is 0 Å². The third-order valence-corrected chi connectivity index (χ3v) is 3.94. The van der Waals surface area contributed by atoms with Crippen LogP contribution >= 0.6 is 15.9 Å². The molecule has 0 N–H and O–H groups in total. The molecule has 1 unspecified atom stereocenters. The summed E-state index contributed by atoms with van der Waals surface area (Å²) in [5, 5.41) is 7.55. The van der Waals surface area contributed by atoms with Crippen LogP contribution in [0.3, 0.4) is 0 Å². The molecule has 0 bridgehead atoms. The van der Waals surface area contributed by atoms with Gasteiger partial charge in [0, 0.05) is 12.4 Å². The normalized spacial score (nSPS) is 23.5. The molecule has 0 amide bonds. The maximum absolute atomic E-state index is 13.3. The van der Waals surface area contributed by atoms with Gasteiger partial charge in [0.1, 0.15) is 0 Å². The van der Waals surface area contributed by atoms with Gasteiger partial charge in [0.15, 0.2) is 0 Å². The van der Waals surface area contributed by atoms with E-state index in [-0.39, 0.29) is 11.8 Å². The molecule has 0 saturated heterocycles. The Morgan fingerprint density at radius 3 is 2.68 bits per heavy atom. The molecule has 2 rings (SSSR count). The highest BCUT2D eigenvalue weighted by molar-refractivity contribution is 9.09. The van der Waals surface area contributed by atoms with Crippen LogP contribution in [0.5, 0.6) is 0 Å². The lowest BCUT2D eigenvalue weighted by Gasteiger charge is -2.33. The fraction of sp³-hybridized carbons (Fsp3) is 0.545. The number of nitrogens with zero attached hydrogens (tertiary/aromatic N) is 4. The fourth-order valence-electron chi connectivity index (χ4n) is 2.04. The second kappa shape index (κ2) is 4.99. The molecule has 1 atom stereocenters. The topological polar surface area (TPSA) is 52.7 Å². The van der Waals surface area contributed by atoms with E-state index in [0.717, 1.165) is 9.36 Å². The number of tetrazole rings is 1. The van der Waals surface area contributed by atoms with Crippen LogP contribution < -0.4 is 5.69 Å². The van der Waals surface area contributed by atoms with Crippen molar-refractivity contribution in [1.82, 2.24) is 19.8 Å². The maximum atomic E-state index is 13.3. The Morgan fingerprint density at radius 1 is 1.53 bits per heavy atom. The van der Waals surface area contributed by atoms with Crippen LogP contribution in [0.25, 0.3) is 5.70 Å². The summed E-state index contributed by atoms with van der Waals surface area (Å²) in [6, 6.07) is 0. The van der Waals surface area contributed by atoms with Gasteiger partial charge in [-0.15, -0.1) is 0 Å². The van der Waals surface area contributed by atoms with Crippen molar-refractivity contribution in [3.05, 3.63) is 28.2 Å². The van der Waals surface area contributed by atoms with Crippen LogP contribution in [-0.4, -0.2) is 31.5 Å². The number of hydrogen-bond donors (Lipinski definition) is 0. The molecular weight excluding hydrogens is 322 g/mol. The van der Waals surface area contributed by atoms with Gasteiger partial charge >= 0.3 is 5.69 Å². The highest BCUT2D eigenvalue weighted by Crippen LogP contribution is 2.43. The van der Waals surface area contributed by atoms with E-state index in [4.69, 9.17) is 0 Å². The molecule has 1 aromatic rings. The van der Waals surface area contributed by atoms with Gasteiger partial charge in [-0.25, -0.2) is 13.6 Å². The van der Waals surface area contributed by atoms with Gasteiger partial charge in [0.05, 0.1) is 11.1 Å². The van der Waals surface area contributed by atoms with Crippen LogP contribution in [0.15, 0.2) is 22.5 Å². The molecule has 0 aromatic carbocycles. The highest BCUT2D eigenvalue weighted by Gasteiger charge is 2.41. The Hall–Kier alpha value is -1.31. The van der Waals surface area contributed by atoms with E-state index < -0.39 is 17.5 Å². The van der Waals surface area contributed by atoms with E-state index in [2.05, 4.69) is 26.4 Å². The minimum Gasteiger partial charge on any atom is -0.244 e. The summed E-state index contributed by atoms with van der Waals surface area (Å²) in [5.74, 6) is 0. The molecule has 1 aliphatic carbocycles. The monoisotopic (exact) mass is 334 g/mol. The molecule has 104 valence electrons. The molecule has 19 heavy (non-hydrogen) atoms. The predicted molar refractivity (Wildman–Crippen MR) is 70.1 cm³/mol. The van der Waals surface area contributed by atoms with Gasteiger partial charge in [0.25, 0.3) is 0 Å². The maximum Gasteiger partial charge on any atom is 0.368 e. The third-order valence-electron chi connectivity index (χ3n) is 3.38. The van der Waals surface area contributed by atoms with E-state index in [9.17, 15) is 13.6 Å². The minimum atomic E-state index is -2.52. The van der Waals surface area contributed by atoms with Gasteiger partial charge in [-0.05, 0) is 35.4 Å². The molecule has 1 aliphatic rings. The molecule has 5 nitrogen and oxygen atoms in total. The first kappa shape index (κ1) is 14.1. The van der Waals surface area contributed by atoms with Crippen LogP contribution in [0.2, 0.25) is 0 Å². The van der Waals surface area contributed by atoms with Crippen molar-refractivity contribution in [2.45, 2.75) is 19.8 Å². The molecule has 0 radical (unpaired) electrons. The van der Waals surface area contributed by atoms with Crippen molar-refractivity contribution in [2.75, 3.05) is 5.33 Å². The summed E-state index contributed by atoms with van der Waals surface area (Å²) in [7, 11) is 1.46. The van der Waals surface area contributed by atoms with Crippen molar-refractivity contribution in [1.29, 1.82) is 0 Å². The van der Waals surface area contributed by atoms with E-state index in [1.165, 1.54) is 14.0 Å².